The maximum absolute atomic E-state index is 7.26. The topological polar surface area (TPSA) is 66.0 Å². The van der Waals surface area contributed by atoms with Crippen LogP contribution in [0, 0.1) is 5.41 Å². The van der Waals surface area contributed by atoms with Crippen LogP contribution in [0.1, 0.15) is 12.6 Å². The molecular weight excluding hydrogens is 220 g/mol. The van der Waals surface area contributed by atoms with Gasteiger partial charge in [-0.3, -0.25) is 10.4 Å². The van der Waals surface area contributed by atoms with E-state index in [1.807, 2.05) is 24.9 Å². The van der Waals surface area contributed by atoms with Crippen molar-refractivity contribution >= 4 is 23.3 Å². The lowest BCUT2D eigenvalue weighted by molar-refractivity contribution is 0.763. The predicted molar refractivity (Wildman–Crippen MR) is 71.5 cm³/mol. The van der Waals surface area contributed by atoms with Crippen molar-refractivity contribution in [2.75, 3.05) is 24.0 Å². The molecule has 1 heterocycles. The Balaban J connectivity index is 2.77. The predicted octanol–water partition coefficient (Wildman–Crippen LogP) is 1.55. The average molecular weight is 238 g/mol. The third-order valence-corrected chi connectivity index (χ3v) is 3.32. The largest absolute Gasteiger partial charge is 0.382 e. The van der Waals surface area contributed by atoms with Crippen molar-refractivity contribution in [3.05, 3.63) is 24.0 Å². The molecule has 0 spiro atoms. The van der Waals surface area contributed by atoms with Crippen molar-refractivity contribution in [3.8, 4) is 0 Å². The van der Waals surface area contributed by atoms with E-state index >= 15 is 0 Å². The van der Waals surface area contributed by atoms with Gasteiger partial charge >= 0.3 is 0 Å². The summed E-state index contributed by atoms with van der Waals surface area (Å²) in [5.74, 6) is 1.08. The molecule has 3 N–H and O–H groups in total. The van der Waals surface area contributed by atoms with E-state index < -0.39 is 0 Å². The first-order valence-corrected chi connectivity index (χ1v) is 6.48. The van der Waals surface area contributed by atoms with Crippen LogP contribution in [0.5, 0.6) is 0 Å². The van der Waals surface area contributed by atoms with Crippen LogP contribution in [0.2, 0.25) is 0 Å². The number of thioether (sulfide) groups is 1. The number of nitrogen functional groups attached to an aromatic ring is 1. The second-order valence-electron chi connectivity index (χ2n) is 3.73. The van der Waals surface area contributed by atoms with Gasteiger partial charge in [-0.1, -0.05) is 0 Å². The van der Waals surface area contributed by atoms with Crippen LogP contribution in [0.4, 0.5) is 5.69 Å². The molecule has 0 bridgehead atoms. The fourth-order valence-corrected chi connectivity index (χ4v) is 2.07. The number of rotatable bonds is 5. The van der Waals surface area contributed by atoms with Crippen molar-refractivity contribution in [1.29, 1.82) is 5.41 Å². The van der Waals surface area contributed by atoms with E-state index in [-0.39, 0.29) is 5.84 Å². The van der Waals surface area contributed by atoms with E-state index in [0.29, 0.717) is 11.7 Å². The Bertz CT molecular complexity index is 350. The summed E-state index contributed by atoms with van der Waals surface area (Å²) >= 11 is 1.82. The van der Waals surface area contributed by atoms with Crippen molar-refractivity contribution in [3.63, 3.8) is 0 Å². The molecule has 0 aliphatic heterocycles. The minimum absolute atomic E-state index is 0.00589. The van der Waals surface area contributed by atoms with Crippen molar-refractivity contribution in [2.45, 2.75) is 13.0 Å². The molecule has 0 fully saturated rings. The fraction of sp³-hybridized carbons (Fsp3) is 0.455. The number of nitrogens with zero attached hydrogens (tertiary/aromatic N) is 2. The Morgan fingerprint density at radius 2 is 2.31 bits per heavy atom. The van der Waals surface area contributed by atoms with Crippen LogP contribution < -0.4 is 10.6 Å². The molecule has 1 aromatic rings. The lowest BCUT2D eigenvalue weighted by atomic mass is 10.2. The van der Waals surface area contributed by atoms with E-state index in [1.165, 1.54) is 0 Å². The van der Waals surface area contributed by atoms with Gasteiger partial charge in [-0.05, 0) is 25.3 Å². The van der Waals surface area contributed by atoms with Gasteiger partial charge in [-0.2, -0.15) is 11.8 Å². The molecule has 0 aromatic carbocycles. The molecule has 1 aromatic heterocycles. The highest BCUT2D eigenvalue weighted by Crippen LogP contribution is 2.15. The third kappa shape index (κ3) is 3.13. The summed E-state index contributed by atoms with van der Waals surface area (Å²) < 4.78 is 0. The van der Waals surface area contributed by atoms with Gasteiger partial charge in [0.25, 0.3) is 0 Å². The Morgan fingerprint density at radius 3 is 2.75 bits per heavy atom. The fourth-order valence-electron chi connectivity index (χ4n) is 1.36. The zero-order valence-corrected chi connectivity index (χ0v) is 10.7. The van der Waals surface area contributed by atoms with Crippen molar-refractivity contribution in [2.24, 2.45) is 5.73 Å². The van der Waals surface area contributed by atoms with Gasteiger partial charge in [0.05, 0.1) is 11.9 Å². The first kappa shape index (κ1) is 12.8. The van der Waals surface area contributed by atoms with E-state index in [9.17, 15) is 0 Å². The zero-order chi connectivity index (χ0) is 12.1. The number of nitrogens with one attached hydrogen (secondary N) is 1. The van der Waals surface area contributed by atoms with Gasteiger partial charge in [0, 0.05) is 18.8 Å². The van der Waals surface area contributed by atoms with Gasteiger partial charge in [0.2, 0.25) is 0 Å². The number of amidine groups is 1. The summed E-state index contributed by atoms with van der Waals surface area (Å²) in [7, 11) is 2.05. The summed E-state index contributed by atoms with van der Waals surface area (Å²) in [4.78, 5) is 6.32. The van der Waals surface area contributed by atoms with Gasteiger partial charge < -0.3 is 10.6 Å². The summed E-state index contributed by atoms with van der Waals surface area (Å²) in [5.41, 5.74) is 6.92. The number of hydrogen-bond acceptors (Lipinski definition) is 4. The van der Waals surface area contributed by atoms with Crippen molar-refractivity contribution < 1.29 is 0 Å². The molecule has 16 heavy (non-hydrogen) atoms. The highest BCUT2D eigenvalue weighted by Gasteiger charge is 2.09. The number of nitrogens with two attached hydrogens (primary N) is 1. The number of pyridine rings is 1. The van der Waals surface area contributed by atoms with Gasteiger partial charge in [-0.25, -0.2) is 0 Å². The molecule has 0 aliphatic rings. The van der Waals surface area contributed by atoms with Gasteiger partial charge in [0.15, 0.2) is 0 Å². The van der Waals surface area contributed by atoms with Gasteiger partial charge in [0.1, 0.15) is 11.5 Å². The Kier molecular flexibility index (Phi) is 4.61. The van der Waals surface area contributed by atoms with Crippen molar-refractivity contribution in [1.82, 2.24) is 4.98 Å². The van der Waals surface area contributed by atoms with Crippen LogP contribution in [0.15, 0.2) is 18.3 Å². The van der Waals surface area contributed by atoms with Crippen LogP contribution in [0.25, 0.3) is 0 Å². The molecule has 0 aliphatic carbocycles. The molecule has 0 saturated carbocycles. The van der Waals surface area contributed by atoms with E-state index in [1.54, 1.807) is 12.3 Å². The van der Waals surface area contributed by atoms with E-state index in [2.05, 4.69) is 23.1 Å². The molecule has 5 heteroatoms. The minimum atomic E-state index is 0.00589. The Hall–Kier alpha value is -1.23. The lowest BCUT2D eigenvalue weighted by Crippen LogP contribution is -2.31. The molecule has 0 radical (unpaired) electrons. The third-order valence-electron chi connectivity index (χ3n) is 2.50. The maximum Gasteiger partial charge on any atom is 0.141 e. The smallest absolute Gasteiger partial charge is 0.141 e. The lowest BCUT2D eigenvalue weighted by Gasteiger charge is -2.26. The van der Waals surface area contributed by atoms with E-state index in [0.717, 1.165) is 11.4 Å². The molecular formula is C11H18N4S. The highest BCUT2D eigenvalue weighted by atomic mass is 32.2. The second kappa shape index (κ2) is 5.75. The molecule has 0 saturated heterocycles. The average Bonchev–Trinajstić information content (AvgIpc) is 2.28. The molecule has 1 rings (SSSR count). The summed E-state index contributed by atoms with van der Waals surface area (Å²) in [6.07, 6.45) is 3.86. The normalized spacial score (nSPS) is 12.2. The summed E-state index contributed by atoms with van der Waals surface area (Å²) in [5, 5.41) is 7.26. The number of hydrogen-bond donors (Lipinski definition) is 2. The number of aromatic nitrogens is 1. The maximum atomic E-state index is 7.26. The van der Waals surface area contributed by atoms with Crippen LogP contribution in [-0.4, -0.2) is 35.9 Å². The molecule has 88 valence electrons. The molecule has 0 amide bonds. The second-order valence-corrected chi connectivity index (χ2v) is 4.64. The standard InChI is InChI=1S/C11H18N4S/c1-8(7-16-3)15(2)9-4-5-10(11(12)13)14-6-9/h4-6,8H,7H2,1-3H3,(H3,12,13). The van der Waals surface area contributed by atoms with Gasteiger partial charge in [-0.15, -0.1) is 0 Å². The number of anilines is 1. The van der Waals surface area contributed by atoms with E-state index in [4.69, 9.17) is 11.1 Å². The molecule has 4 nitrogen and oxygen atoms in total. The Morgan fingerprint density at radius 1 is 1.62 bits per heavy atom. The zero-order valence-electron chi connectivity index (χ0n) is 9.90. The van der Waals surface area contributed by atoms with Crippen LogP contribution in [-0.2, 0) is 0 Å². The van der Waals surface area contributed by atoms with Crippen LogP contribution >= 0.6 is 11.8 Å². The SMILES string of the molecule is CSCC(C)N(C)c1ccc(C(=N)N)nc1. The minimum Gasteiger partial charge on any atom is -0.382 e. The summed E-state index contributed by atoms with van der Waals surface area (Å²) in [6.45, 7) is 2.18. The Labute approximate surface area is 101 Å². The quantitative estimate of drug-likeness (QED) is 0.603. The molecule has 1 atom stereocenters. The first-order valence-electron chi connectivity index (χ1n) is 5.08. The molecule has 1 unspecified atom stereocenters. The first-order chi connectivity index (χ1) is 7.56. The highest BCUT2D eigenvalue weighted by molar-refractivity contribution is 7.98. The summed E-state index contributed by atoms with van der Waals surface area (Å²) in [6, 6.07) is 4.18. The monoisotopic (exact) mass is 238 g/mol. The van der Waals surface area contributed by atoms with Crippen LogP contribution in [0.3, 0.4) is 0 Å².